The first-order valence-electron chi connectivity index (χ1n) is 12.0. The number of aromatic nitrogens is 3. The topological polar surface area (TPSA) is 112 Å². The molecule has 0 bridgehead atoms. The lowest BCUT2D eigenvalue weighted by Gasteiger charge is -2.15. The Hall–Kier alpha value is -4.98. The second-order valence-electron chi connectivity index (χ2n) is 8.88. The summed E-state index contributed by atoms with van der Waals surface area (Å²) < 4.78 is 87.6. The number of halogens is 6. The highest BCUT2D eigenvalue weighted by Crippen LogP contribution is 2.30. The maximum absolute atomic E-state index is 14.2. The van der Waals surface area contributed by atoms with E-state index in [1.165, 1.54) is 43.6 Å². The normalized spacial score (nSPS) is 11.9. The smallest absolute Gasteiger partial charge is 0.378 e. The van der Waals surface area contributed by atoms with Gasteiger partial charge in [-0.25, -0.2) is 13.2 Å². The van der Waals surface area contributed by atoms with Crippen molar-refractivity contribution in [1.29, 1.82) is 0 Å². The molecular weight excluding hydrogens is 568 g/mol. The van der Waals surface area contributed by atoms with Crippen LogP contribution in [0.4, 0.5) is 26.3 Å². The number of amides is 2. The van der Waals surface area contributed by atoms with Gasteiger partial charge in [-0.05, 0) is 53.6 Å². The monoisotopic (exact) mass is 589 g/mol. The molecule has 0 spiro atoms. The first kappa shape index (κ1) is 30.0. The van der Waals surface area contributed by atoms with Gasteiger partial charge in [-0.1, -0.05) is 12.1 Å². The molecule has 3 N–H and O–H groups in total. The molecule has 0 fully saturated rings. The van der Waals surface area contributed by atoms with Crippen LogP contribution in [0.1, 0.15) is 33.0 Å². The van der Waals surface area contributed by atoms with Crippen LogP contribution in [0.2, 0.25) is 0 Å². The zero-order valence-electron chi connectivity index (χ0n) is 21.7. The fraction of sp³-hybridized carbons (Fsp3) is 0.143. The van der Waals surface area contributed by atoms with Crippen molar-refractivity contribution in [2.45, 2.75) is 19.3 Å². The van der Waals surface area contributed by atoms with Crippen LogP contribution in [0.25, 0.3) is 22.9 Å². The molecule has 4 rings (SSSR count). The van der Waals surface area contributed by atoms with Crippen molar-refractivity contribution in [2.24, 2.45) is 5.73 Å². The predicted molar refractivity (Wildman–Crippen MR) is 138 cm³/mol. The molecule has 218 valence electrons. The van der Waals surface area contributed by atoms with Gasteiger partial charge in [0.25, 0.3) is 5.91 Å². The number of nitrogens with zero attached hydrogens (tertiary/aromatic N) is 3. The number of hydrogen-bond donors (Lipinski definition) is 2. The van der Waals surface area contributed by atoms with Gasteiger partial charge in [0.05, 0.1) is 29.3 Å². The van der Waals surface area contributed by atoms with Crippen molar-refractivity contribution in [3.8, 4) is 11.1 Å². The first-order chi connectivity index (χ1) is 19.8. The standard InChI is InChI=1S/C28H21F6N5O3/c1-42-14-19-12-24(28(32,33)34)38-39(19)13-25(40)37-23(9-15-7-17(29)11-18(30)8-15)26-20(3-2-6-36-26)16-4-5-22(31)21(10-16)27(35)41/h2-12H,13-14H2,1H3,(H2,35,41)(H,37,40)/b23-9-. The summed E-state index contributed by atoms with van der Waals surface area (Å²) in [7, 11) is 1.26. The van der Waals surface area contributed by atoms with Crippen molar-refractivity contribution < 1.29 is 40.7 Å². The van der Waals surface area contributed by atoms with E-state index in [1.54, 1.807) is 0 Å². The van der Waals surface area contributed by atoms with E-state index in [4.69, 9.17) is 10.5 Å². The van der Waals surface area contributed by atoms with Gasteiger partial charge in [-0.3, -0.25) is 19.3 Å². The number of methoxy groups -OCH3 is 1. The van der Waals surface area contributed by atoms with Crippen LogP contribution in [0, 0.1) is 17.5 Å². The van der Waals surface area contributed by atoms with Gasteiger partial charge in [0.1, 0.15) is 24.0 Å². The minimum atomic E-state index is -4.78. The van der Waals surface area contributed by atoms with E-state index in [9.17, 15) is 35.9 Å². The number of ether oxygens (including phenoxy) is 1. The Morgan fingerprint density at radius 1 is 1.05 bits per heavy atom. The highest BCUT2D eigenvalue weighted by atomic mass is 19.4. The number of benzene rings is 2. The van der Waals surface area contributed by atoms with Crippen molar-refractivity contribution in [2.75, 3.05) is 7.11 Å². The molecule has 2 aromatic carbocycles. The fourth-order valence-corrected chi connectivity index (χ4v) is 4.04. The van der Waals surface area contributed by atoms with Gasteiger partial charge in [-0.2, -0.15) is 18.3 Å². The van der Waals surface area contributed by atoms with E-state index in [2.05, 4.69) is 15.4 Å². The summed E-state index contributed by atoms with van der Waals surface area (Å²) in [6.45, 7) is -0.979. The highest BCUT2D eigenvalue weighted by molar-refractivity contribution is 5.97. The van der Waals surface area contributed by atoms with Gasteiger partial charge >= 0.3 is 6.18 Å². The average molecular weight is 589 g/mol. The molecular formula is C28H21F6N5O3. The molecule has 0 atom stereocenters. The third-order valence-corrected chi connectivity index (χ3v) is 5.81. The number of hydrogen-bond acceptors (Lipinski definition) is 5. The lowest BCUT2D eigenvalue weighted by Crippen LogP contribution is -2.28. The number of carbonyl (C=O) groups excluding carboxylic acids is 2. The molecule has 42 heavy (non-hydrogen) atoms. The maximum atomic E-state index is 14.2. The van der Waals surface area contributed by atoms with E-state index in [1.807, 2.05) is 0 Å². The number of primary amides is 1. The Morgan fingerprint density at radius 3 is 2.40 bits per heavy atom. The largest absolute Gasteiger partial charge is 0.435 e. The summed E-state index contributed by atoms with van der Waals surface area (Å²) in [4.78, 5) is 29.1. The summed E-state index contributed by atoms with van der Waals surface area (Å²) in [6.07, 6.45) is -2.25. The van der Waals surface area contributed by atoms with Crippen LogP contribution < -0.4 is 11.1 Å². The third-order valence-electron chi connectivity index (χ3n) is 5.81. The summed E-state index contributed by atoms with van der Waals surface area (Å²) >= 11 is 0. The number of rotatable bonds is 9. The van der Waals surface area contributed by atoms with Crippen molar-refractivity contribution in [3.63, 3.8) is 0 Å². The number of nitrogens with one attached hydrogen (secondary N) is 1. The van der Waals surface area contributed by atoms with Gasteiger partial charge in [0.15, 0.2) is 5.69 Å². The molecule has 0 aliphatic rings. The lowest BCUT2D eigenvalue weighted by molar-refractivity contribution is -0.141. The van der Waals surface area contributed by atoms with Crippen molar-refractivity contribution in [3.05, 3.63) is 106 Å². The SMILES string of the molecule is COCc1cc(C(F)(F)F)nn1CC(=O)N/C(=C\c1cc(F)cc(F)c1)c1ncccc1-c1ccc(F)c(C(N)=O)c1. The van der Waals surface area contributed by atoms with E-state index < -0.39 is 53.2 Å². The summed E-state index contributed by atoms with van der Waals surface area (Å²) in [5.41, 5.74) is 3.94. The van der Waals surface area contributed by atoms with E-state index >= 15 is 0 Å². The van der Waals surface area contributed by atoms with Crippen LogP contribution >= 0.6 is 0 Å². The number of nitrogens with two attached hydrogens (primary N) is 1. The van der Waals surface area contributed by atoms with E-state index in [0.717, 1.165) is 28.9 Å². The molecule has 0 saturated heterocycles. The zero-order chi connectivity index (χ0) is 30.6. The van der Waals surface area contributed by atoms with Crippen LogP contribution in [0.15, 0.2) is 60.8 Å². The quantitative estimate of drug-likeness (QED) is 0.269. The van der Waals surface area contributed by atoms with Crippen molar-refractivity contribution >= 4 is 23.6 Å². The summed E-state index contributed by atoms with van der Waals surface area (Å²) in [5.74, 6) is -4.62. The molecule has 2 aromatic heterocycles. The van der Waals surface area contributed by atoms with Crippen molar-refractivity contribution in [1.82, 2.24) is 20.1 Å². The molecule has 4 aromatic rings. The first-order valence-corrected chi connectivity index (χ1v) is 12.0. The summed E-state index contributed by atoms with van der Waals surface area (Å²) in [6, 6.07) is 9.84. The van der Waals surface area contributed by atoms with Gasteiger partial charge in [0.2, 0.25) is 5.91 Å². The Labute approximate surface area is 234 Å². The lowest BCUT2D eigenvalue weighted by atomic mass is 9.98. The van der Waals surface area contributed by atoms with Crippen LogP contribution in [0.3, 0.4) is 0 Å². The maximum Gasteiger partial charge on any atom is 0.435 e. The highest BCUT2D eigenvalue weighted by Gasteiger charge is 2.35. The number of carbonyl (C=O) groups is 2. The van der Waals surface area contributed by atoms with Crippen LogP contribution in [-0.2, 0) is 28.9 Å². The second-order valence-corrected chi connectivity index (χ2v) is 8.88. The van der Waals surface area contributed by atoms with E-state index in [0.29, 0.717) is 6.07 Å². The average Bonchev–Trinajstić information content (AvgIpc) is 3.31. The molecule has 0 aliphatic heterocycles. The Morgan fingerprint density at radius 2 is 1.76 bits per heavy atom. The molecule has 2 amide bonds. The van der Waals surface area contributed by atoms with Crippen LogP contribution in [-0.4, -0.2) is 33.7 Å². The minimum absolute atomic E-state index is 0.0195. The van der Waals surface area contributed by atoms with Gasteiger partial charge < -0.3 is 15.8 Å². The molecule has 0 unspecified atom stereocenters. The fourth-order valence-electron chi connectivity index (χ4n) is 4.04. The Balaban J connectivity index is 1.79. The Bertz CT molecular complexity index is 1660. The molecule has 2 heterocycles. The second kappa shape index (κ2) is 12.3. The predicted octanol–water partition coefficient (Wildman–Crippen LogP) is 4.94. The Kier molecular flexibility index (Phi) is 8.76. The number of pyridine rings is 1. The van der Waals surface area contributed by atoms with Gasteiger partial charge in [0, 0.05) is 24.9 Å². The molecule has 8 nitrogen and oxygen atoms in total. The third kappa shape index (κ3) is 7.01. The molecule has 0 saturated carbocycles. The summed E-state index contributed by atoms with van der Waals surface area (Å²) in [5, 5.41) is 5.98. The minimum Gasteiger partial charge on any atom is -0.378 e. The molecule has 14 heteroatoms. The molecule has 0 radical (unpaired) electrons. The van der Waals surface area contributed by atoms with Gasteiger partial charge in [-0.15, -0.1) is 0 Å². The van der Waals surface area contributed by atoms with Crippen LogP contribution in [0.5, 0.6) is 0 Å². The van der Waals surface area contributed by atoms with E-state index in [-0.39, 0.29) is 40.4 Å². The number of alkyl halides is 3. The zero-order valence-corrected chi connectivity index (χ0v) is 21.7. The molecule has 0 aliphatic carbocycles.